The van der Waals surface area contributed by atoms with Crippen LogP contribution in [0.4, 0.5) is 17.6 Å². The summed E-state index contributed by atoms with van der Waals surface area (Å²) >= 11 is 0.722. The predicted molar refractivity (Wildman–Crippen MR) is 140 cm³/mol. The van der Waals surface area contributed by atoms with E-state index in [-0.39, 0.29) is 16.9 Å². The van der Waals surface area contributed by atoms with Crippen molar-refractivity contribution >= 4 is 51.9 Å². The summed E-state index contributed by atoms with van der Waals surface area (Å²) in [7, 11) is -2.96. The van der Waals surface area contributed by atoms with Crippen molar-refractivity contribution in [3.8, 4) is 6.01 Å². The van der Waals surface area contributed by atoms with Gasteiger partial charge in [-0.2, -0.15) is 23.4 Å². The van der Waals surface area contributed by atoms with E-state index in [1.54, 1.807) is 49.4 Å². The van der Waals surface area contributed by atoms with Crippen molar-refractivity contribution in [1.29, 1.82) is 0 Å². The maximum atomic E-state index is 11.8. The van der Waals surface area contributed by atoms with Crippen LogP contribution in [0.1, 0.15) is 16.7 Å². The summed E-state index contributed by atoms with van der Waals surface area (Å²) in [6.07, 6.45) is 3.18. The Bertz CT molecular complexity index is 1410. The number of morpholine rings is 1. The molecule has 13 nitrogen and oxygen atoms in total. The van der Waals surface area contributed by atoms with E-state index in [1.165, 1.54) is 13.2 Å². The van der Waals surface area contributed by atoms with Crippen LogP contribution in [0.5, 0.6) is 6.01 Å². The Balaban J connectivity index is 1.63. The molecule has 1 fully saturated rings. The summed E-state index contributed by atoms with van der Waals surface area (Å²) < 4.78 is 48.5. The quantitative estimate of drug-likeness (QED) is 0.108. The van der Waals surface area contributed by atoms with Crippen LogP contribution < -0.4 is 15.0 Å². The van der Waals surface area contributed by atoms with Crippen LogP contribution in [0.3, 0.4) is 0 Å². The lowest BCUT2D eigenvalue weighted by Gasteiger charge is -2.26. The molecule has 4 rings (SSSR count). The van der Waals surface area contributed by atoms with Gasteiger partial charge in [0.1, 0.15) is 4.90 Å². The summed E-state index contributed by atoms with van der Waals surface area (Å²) in [5.74, 6) is 0.691. The molecule has 2 heterocycles. The number of aryl methyl sites for hydroxylation is 1. The monoisotopic (exact) mass is 563 g/mol. The highest BCUT2D eigenvalue weighted by Gasteiger charge is 2.18. The van der Waals surface area contributed by atoms with Gasteiger partial charge in [0.15, 0.2) is 0 Å². The number of hydrogen-bond acceptors (Lipinski definition) is 13. The van der Waals surface area contributed by atoms with Gasteiger partial charge >= 0.3 is 6.01 Å². The summed E-state index contributed by atoms with van der Waals surface area (Å²) in [5.41, 5.74) is 2.15. The number of methoxy groups -OCH3 is 1. The lowest BCUT2D eigenvalue weighted by atomic mass is 10.1. The van der Waals surface area contributed by atoms with E-state index in [4.69, 9.17) is 14.7 Å². The smallest absolute Gasteiger partial charge is 0.322 e. The molecule has 0 unspecified atom stereocenters. The minimum Gasteiger partial charge on any atom is -0.467 e. The van der Waals surface area contributed by atoms with Gasteiger partial charge in [-0.25, -0.2) is 5.26 Å². The molecule has 1 saturated heterocycles. The Morgan fingerprint density at radius 3 is 2.53 bits per heavy atom. The fourth-order valence-electron chi connectivity index (χ4n) is 3.58. The summed E-state index contributed by atoms with van der Waals surface area (Å²) in [6, 6.07) is 10.0. The molecule has 1 aliphatic heterocycles. The molecule has 15 heteroatoms. The molecule has 0 saturated carbocycles. The van der Waals surface area contributed by atoms with E-state index in [0.717, 1.165) is 12.0 Å². The second-order valence-electron chi connectivity index (χ2n) is 8.00. The normalized spacial score (nSPS) is 14.2. The topological polar surface area (TPSA) is 165 Å². The zero-order valence-corrected chi connectivity index (χ0v) is 22.0. The number of rotatable bonds is 10. The molecule has 202 valence electrons. The van der Waals surface area contributed by atoms with Crippen LogP contribution in [0.25, 0.3) is 12.2 Å². The van der Waals surface area contributed by atoms with Crippen LogP contribution in [0.2, 0.25) is 0 Å². The van der Waals surface area contributed by atoms with Crippen molar-refractivity contribution < 1.29 is 37.1 Å². The van der Waals surface area contributed by atoms with E-state index in [0.29, 0.717) is 59.5 Å². The molecule has 1 aromatic heterocycles. The Morgan fingerprint density at radius 1 is 1.08 bits per heavy atom. The first-order valence-electron chi connectivity index (χ1n) is 11.2. The predicted octanol–water partition coefficient (Wildman–Crippen LogP) is 3.61. The molecule has 0 amide bonds. The first kappa shape index (κ1) is 27.7. The molecule has 3 aromatic rings. The highest BCUT2D eigenvalue weighted by Crippen LogP contribution is 2.31. The van der Waals surface area contributed by atoms with E-state index in [9.17, 15) is 13.0 Å². The number of ether oxygens (including phenoxy) is 2. The molecule has 0 atom stereocenters. The summed E-state index contributed by atoms with van der Waals surface area (Å²) in [5, 5.41) is 15.5. The molecule has 2 aromatic carbocycles. The third kappa shape index (κ3) is 7.16. The Hall–Kier alpha value is -3.31. The Morgan fingerprint density at radius 2 is 1.82 bits per heavy atom. The molecule has 38 heavy (non-hydrogen) atoms. The van der Waals surface area contributed by atoms with E-state index >= 15 is 0 Å². The Kier molecular flexibility index (Phi) is 9.11. The van der Waals surface area contributed by atoms with E-state index in [1.807, 2.05) is 4.90 Å². The van der Waals surface area contributed by atoms with Gasteiger partial charge in [-0.05, 0) is 41.8 Å². The zero-order chi connectivity index (χ0) is 27.1. The molecule has 3 N–H and O–H groups in total. The third-order valence-corrected chi connectivity index (χ3v) is 6.96. The number of nitrogens with zero attached hydrogens (tertiary/aromatic N) is 4. The highest BCUT2D eigenvalue weighted by atomic mass is 32.2. The standard InChI is InChI=1S/C23H25N5O8S2/c1-15-3-4-17(20(13-15)38(30,31)32)6-5-16-7-8-18(14-19(16)37-36-35-29)24-21-25-22(27-23(26-21)33-2)28-9-11-34-12-10-28/h3-8,13-14,29H,9-12H2,1-2H3,(H,30,31,32)(H,24,25,26,27)/b6-5+. The third-order valence-electron chi connectivity index (χ3n) is 5.39. The van der Waals surface area contributed by atoms with Crippen molar-refractivity contribution in [1.82, 2.24) is 15.0 Å². The minimum atomic E-state index is -4.43. The van der Waals surface area contributed by atoms with Crippen molar-refractivity contribution in [2.24, 2.45) is 0 Å². The van der Waals surface area contributed by atoms with Gasteiger partial charge in [0.25, 0.3) is 10.1 Å². The van der Waals surface area contributed by atoms with Gasteiger partial charge in [0.05, 0.1) is 32.4 Å². The minimum absolute atomic E-state index is 0.142. The van der Waals surface area contributed by atoms with Gasteiger partial charge in [0.2, 0.25) is 11.9 Å². The number of nitrogens with one attached hydrogen (secondary N) is 1. The number of benzene rings is 2. The highest BCUT2D eigenvalue weighted by molar-refractivity contribution is 7.94. The molecule has 0 aliphatic carbocycles. The number of hydrogen-bond donors (Lipinski definition) is 3. The molecular weight excluding hydrogens is 538 g/mol. The number of anilines is 3. The second-order valence-corrected chi connectivity index (χ2v) is 10.1. The zero-order valence-electron chi connectivity index (χ0n) is 20.4. The molecular formula is C23H25N5O8S2. The molecule has 0 bridgehead atoms. The number of aromatic nitrogens is 3. The average molecular weight is 564 g/mol. The van der Waals surface area contributed by atoms with Crippen LogP contribution in [0, 0.1) is 6.92 Å². The van der Waals surface area contributed by atoms with Gasteiger partial charge < -0.3 is 19.7 Å². The average Bonchev–Trinajstić information content (AvgIpc) is 2.91. The van der Waals surface area contributed by atoms with Gasteiger partial charge in [-0.1, -0.05) is 35.4 Å². The second kappa shape index (κ2) is 12.5. The maximum Gasteiger partial charge on any atom is 0.322 e. The largest absolute Gasteiger partial charge is 0.467 e. The first-order chi connectivity index (χ1) is 18.3. The van der Waals surface area contributed by atoms with Crippen LogP contribution >= 0.6 is 12.0 Å². The van der Waals surface area contributed by atoms with Gasteiger partial charge in [-0.3, -0.25) is 4.55 Å². The maximum absolute atomic E-state index is 11.8. The van der Waals surface area contributed by atoms with E-state index in [2.05, 4.69) is 29.6 Å². The summed E-state index contributed by atoms with van der Waals surface area (Å²) in [6.45, 7) is 4.11. The lowest BCUT2D eigenvalue weighted by molar-refractivity contribution is -0.432. The fourth-order valence-corrected chi connectivity index (χ4v) is 4.86. The van der Waals surface area contributed by atoms with Crippen LogP contribution in [0.15, 0.2) is 46.2 Å². The molecule has 0 spiro atoms. The van der Waals surface area contributed by atoms with Crippen molar-refractivity contribution in [2.75, 3.05) is 43.6 Å². The fraction of sp³-hybridized carbons (Fsp3) is 0.261. The molecule has 1 aliphatic rings. The SMILES string of the molecule is COc1nc(Nc2ccc(/C=C/c3ccc(C)cc3S(=O)(=O)O)c(SOOO)c2)nc(N2CCOCC2)n1. The first-order valence-corrected chi connectivity index (χ1v) is 13.4. The van der Waals surface area contributed by atoms with E-state index < -0.39 is 10.1 Å². The Labute approximate surface area is 223 Å². The molecule has 0 radical (unpaired) electrons. The van der Waals surface area contributed by atoms with Crippen LogP contribution in [-0.4, -0.2) is 66.6 Å². The van der Waals surface area contributed by atoms with Crippen LogP contribution in [-0.2, 0) is 24.2 Å². The van der Waals surface area contributed by atoms with Crippen molar-refractivity contribution in [3.05, 3.63) is 53.1 Å². The van der Waals surface area contributed by atoms with Crippen molar-refractivity contribution in [2.45, 2.75) is 16.7 Å². The lowest BCUT2D eigenvalue weighted by Crippen LogP contribution is -2.37. The summed E-state index contributed by atoms with van der Waals surface area (Å²) in [4.78, 5) is 15.3. The van der Waals surface area contributed by atoms with Crippen molar-refractivity contribution in [3.63, 3.8) is 0 Å². The van der Waals surface area contributed by atoms with Gasteiger partial charge in [-0.15, -0.1) is 4.33 Å². The van der Waals surface area contributed by atoms with Gasteiger partial charge in [0, 0.05) is 23.7 Å².